The lowest BCUT2D eigenvalue weighted by Crippen LogP contribution is -2.18. The molecule has 0 bridgehead atoms. The highest BCUT2D eigenvalue weighted by Crippen LogP contribution is 2.34. The fourth-order valence-corrected chi connectivity index (χ4v) is 3.18. The third-order valence-corrected chi connectivity index (χ3v) is 4.36. The second-order valence-electron chi connectivity index (χ2n) is 5.30. The van der Waals surface area contributed by atoms with Crippen LogP contribution in [0.1, 0.15) is 31.0 Å². The molecular formula is C19H21IN2O2. The average molecular weight is 436 g/mol. The van der Waals surface area contributed by atoms with E-state index in [9.17, 15) is 0 Å². The summed E-state index contributed by atoms with van der Waals surface area (Å²) < 4.78 is 12.1. The fourth-order valence-electron chi connectivity index (χ4n) is 2.36. The Morgan fingerprint density at radius 1 is 1.21 bits per heavy atom. The van der Waals surface area contributed by atoms with Crippen molar-refractivity contribution in [1.29, 1.82) is 5.26 Å². The van der Waals surface area contributed by atoms with Gasteiger partial charge in [0.25, 0.3) is 0 Å². The molecule has 0 saturated carbocycles. The molecule has 0 fully saturated rings. The standard InChI is InChI=1S/C19H21IN2O2/c1-3-23-18-12-15(11-17(20)19(18)24-10-9-21)13-22-14(2)16-7-5-4-6-8-16/h4-8,11-12,14,22H,3,10,13H2,1-2H3/t14-/m0/s1. The van der Waals surface area contributed by atoms with Crippen molar-refractivity contribution < 1.29 is 9.47 Å². The highest BCUT2D eigenvalue weighted by atomic mass is 127. The number of benzene rings is 2. The first-order valence-corrected chi connectivity index (χ1v) is 8.96. The molecular weight excluding hydrogens is 415 g/mol. The second kappa shape index (κ2) is 9.50. The number of halogens is 1. The van der Waals surface area contributed by atoms with Gasteiger partial charge in [0.05, 0.1) is 10.2 Å². The van der Waals surface area contributed by atoms with E-state index in [4.69, 9.17) is 14.7 Å². The summed E-state index contributed by atoms with van der Waals surface area (Å²) in [5.41, 5.74) is 2.38. The van der Waals surface area contributed by atoms with Crippen LogP contribution in [-0.2, 0) is 6.54 Å². The first kappa shape index (κ1) is 18.6. The Morgan fingerprint density at radius 3 is 2.62 bits per heavy atom. The van der Waals surface area contributed by atoms with Gasteiger partial charge in [0.1, 0.15) is 6.07 Å². The maximum atomic E-state index is 8.72. The van der Waals surface area contributed by atoms with Gasteiger partial charge in [-0.2, -0.15) is 5.26 Å². The van der Waals surface area contributed by atoms with Crippen LogP contribution in [-0.4, -0.2) is 13.2 Å². The highest BCUT2D eigenvalue weighted by Gasteiger charge is 2.13. The Labute approximate surface area is 156 Å². The molecule has 0 spiro atoms. The van der Waals surface area contributed by atoms with E-state index in [1.54, 1.807) is 0 Å². The predicted octanol–water partition coefficient (Wildman–Crippen LogP) is 4.44. The molecule has 2 aromatic rings. The Kier molecular flexibility index (Phi) is 7.35. The van der Waals surface area contributed by atoms with Gasteiger partial charge in [-0.25, -0.2) is 0 Å². The van der Waals surface area contributed by atoms with Gasteiger partial charge in [0.15, 0.2) is 18.1 Å². The molecule has 2 rings (SSSR count). The first-order chi connectivity index (χ1) is 11.7. The van der Waals surface area contributed by atoms with E-state index in [1.807, 2.05) is 37.3 Å². The largest absolute Gasteiger partial charge is 0.490 e. The summed E-state index contributed by atoms with van der Waals surface area (Å²) in [6.45, 7) is 5.37. The summed E-state index contributed by atoms with van der Waals surface area (Å²) >= 11 is 2.22. The minimum Gasteiger partial charge on any atom is -0.490 e. The van der Waals surface area contributed by atoms with Gasteiger partial charge in [0, 0.05) is 12.6 Å². The molecule has 5 heteroatoms. The minimum atomic E-state index is 0.0126. The Hall–Kier alpha value is -1.78. The van der Waals surface area contributed by atoms with E-state index in [2.05, 4.69) is 53.0 Å². The Morgan fingerprint density at radius 2 is 1.96 bits per heavy atom. The molecule has 0 aliphatic heterocycles. The third-order valence-electron chi connectivity index (χ3n) is 3.56. The number of nitrogens with one attached hydrogen (secondary N) is 1. The number of nitrogens with zero attached hydrogens (tertiary/aromatic N) is 1. The molecule has 0 aliphatic rings. The highest BCUT2D eigenvalue weighted by molar-refractivity contribution is 14.1. The number of hydrogen-bond acceptors (Lipinski definition) is 4. The van der Waals surface area contributed by atoms with Crippen LogP contribution < -0.4 is 14.8 Å². The summed E-state index contributed by atoms with van der Waals surface area (Å²) in [6, 6.07) is 16.6. The molecule has 0 aliphatic carbocycles. The summed E-state index contributed by atoms with van der Waals surface area (Å²) in [4.78, 5) is 0. The Bertz CT molecular complexity index is 699. The molecule has 0 saturated heterocycles. The van der Waals surface area contributed by atoms with Crippen LogP contribution in [0.5, 0.6) is 11.5 Å². The van der Waals surface area contributed by atoms with Crippen molar-refractivity contribution in [3.8, 4) is 17.6 Å². The van der Waals surface area contributed by atoms with Gasteiger partial charge in [-0.1, -0.05) is 30.3 Å². The van der Waals surface area contributed by atoms with Crippen molar-refractivity contribution in [1.82, 2.24) is 5.32 Å². The lowest BCUT2D eigenvalue weighted by Gasteiger charge is -2.17. The zero-order valence-corrected chi connectivity index (χ0v) is 16.0. The molecule has 2 aromatic carbocycles. The van der Waals surface area contributed by atoms with Crippen molar-refractivity contribution in [3.05, 3.63) is 57.2 Å². The van der Waals surface area contributed by atoms with E-state index in [0.717, 1.165) is 15.7 Å². The van der Waals surface area contributed by atoms with Gasteiger partial charge in [-0.3, -0.25) is 0 Å². The van der Waals surface area contributed by atoms with Crippen LogP contribution in [0.4, 0.5) is 0 Å². The molecule has 1 N–H and O–H groups in total. The molecule has 0 aromatic heterocycles. The molecule has 0 radical (unpaired) electrons. The van der Waals surface area contributed by atoms with E-state index < -0.39 is 0 Å². The van der Waals surface area contributed by atoms with Gasteiger partial charge < -0.3 is 14.8 Å². The molecule has 0 heterocycles. The van der Waals surface area contributed by atoms with Crippen molar-refractivity contribution in [2.75, 3.05) is 13.2 Å². The van der Waals surface area contributed by atoms with Gasteiger partial charge in [0.2, 0.25) is 0 Å². The number of hydrogen-bond donors (Lipinski definition) is 1. The quantitative estimate of drug-likeness (QED) is 0.622. The lowest BCUT2D eigenvalue weighted by atomic mass is 10.1. The van der Waals surface area contributed by atoms with Crippen molar-refractivity contribution in [2.24, 2.45) is 0 Å². The monoisotopic (exact) mass is 436 g/mol. The second-order valence-corrected chi connectivity index (χ2v) is 6.46. The number of ether oxygens (including phenoxy) is 2. The van der Waals surface area contributed by atoms with Crippen LogP contribution in [0.3, 0.4) is 0 Å². The number of nitriles is 1. The van der Waals surface area contributed by atoms with Crippen LogP contribution >= 0.6 is 22.6 Å². The van der Waals surface area contributed by atoms with E-state index in [-0.39, 0.29) is 12.6 Å². The maximum Gasteiger partial charge on any atom is 0.176 e. The molecule has 24 heavy (non-hydrogen) atoms. The van der Waals surface area contributed by atoms with Crippen molar-refractivity contribution >= 4 is 22.6 Å². The van der Waals surface area contributed by atoms with Crippen LogP contribution in [0, 0.1) is 14.9 Å². The topological polar surface area (TPSA) is 54.3 Å². The zero-order valence-electron chi connectivity index (χ0n) is 13.9. The SMILES string of the molecule is CCOc1cc(CN[C@@H](C)c2ccccc2)cc(I)c1OCC#N. The molecule has 126 valence electrons. The first-order valence-electron chi connectivity index (χ1n) is 7.89. The van der Waals surface area contributed by atoms with Gasteiger partial charge in [-0.15, -0.1) is 0 Å². The fraction of sp³-hybridized carbons (Fsp3) is 0.316. The predicted molar refractivity (Wildman–Crippen MR) is 103 cm³/mol. The van der Waals surface area contributed by atoms with Crippen molar-refractivity contribution in [3.63, 3.8) is 0 Å². The van der Waals surface area contributed by atoms with E-state index in [1.165, 1.54) is 5.56 Å². The number of rotatable bonds is 8. The summed E-state index contributed by atoms with van der Waals surface area (Å²) in [7, 11) is 0. The van der Waals surface area contributed by atoms with Crippen LogP contribution in [0.2, 0.25) is 0 Å². The van der Waals surface area contributed by atoms with Gasteiger partial charge in [-0.05, 0) is 59.7 Å². The molecule has 0 unspecified atom stereocenters. The molecule has 0 amide bonds. The zero-order chi connectivity index (χ0) is 17.4. The smallest absolute Gasteiger partial charge is 0.176 e. The third kappa shape index (κ3) is 5.11. The lowest BCUT2D eigenvalue weighted by molar-refractivity contribution is 0.296. The maximum absolute atomic E-state index is 8.72. The van der Waals surface area contributed by atoms with E-state index in [0.29, 0.717) is 18.1 Å². The summed E-state index contributed by atoms with van der Waals surface area (Å²) in [5, 5.41) is 12.2. The minimum absolute atomic E-state index is 0.0126. The average Bonchev–Trinajstić information content (AvgIpc) is 2.60. The van der Waals surface area contributed by atoms with Crippen LogP contribution in [0.15, 0.2) is 42.5 Å². The molecule has 1 atom stereocenters. The summed E-state index contributed by atoms with van der Waals surface area (Å²) in [5.74, 6) is 1.32. The molecule has 4 nitrogen and oxygen atoms in total. The van der Waals surface area contributed by atoms with Crippen molar-refractivity contribution in [2.45, 2.75) is 26.4 Å². The Balaban J connectivity index is 2.11. The van der Waals surface area contributed by atoms with Gasteiger partial charge >= 0.3 is 0 Å². The van der Waals surface area contributed by atoms with E-state index >= 15 is 0 Å². The summed E-state index contributed by atoms with van der Waals surface area (Å²) in [6.07, 6.45) is 0. The normalized spacial score (nSPS) is 11.6. The van der Waals surface area contributed by atoms with Crippen LogP contribution in [0.25, 0.3) is 0 Å².